The van der Waals surface area contributed by atoms with Crippen LogP contribution in [-0.2, 0) is 9.59 Å². The Morgan fingerprint density at radius 1 is 1.23 bits per heavy atom. The van der Waals surface area contributed by atoms with E-state index < -0.39 is 31.7 Å². The predicted octanol–water partition coefficient (Wildman–Crippen LogP) is -3.18. The fourth-order valence-electron chi connectivity index (χ4n) is 0.275. The maximum Gasteiger partial charge on any atom is 0.631 e. The molecular formula is C4H10BNO7. The molecule has 0 saturated carbocycles. The number of carboxylic acids is 2. The highest BCUT2D eigenvalue weighted by Crippen LogP contribution is 1.86. The third-order valence-corrected chi connectivity index (χ3v) is 0.712. The Hall–Kier alpha value is -1.16. The van der Waals surface area contributed by atoms with E-state index in [1.54, 1.807) is 0 Å². The van der Waals surface area contributed by atoms with Crippen LogP contribution in [0.3, 0.4) is 0 Å². The van der Waals surface area contributed by atoms with Gasteiger partial charge in [0.25, 0.3) is 0 Å². The van der Waals surface area contributed by atoms with Crippen molar-refractivity contribution in [1.29, 1.82) is 0 Å². The van der Waals surface area contributed by atoms with Crippen molar-refractivity contribution in [2.45, 2.75) is 12.5 Å². The highest BCUT2D eigenvalue weighted by molar-refractivity contribution is 6.30. The van der Waals surface area contributed by atoms with Crippen molar-refractivity contribution >= 4 is 19.3 Å². The largest absolute Gasteiger partial charge is 0.631 e. The van der Waals surface area contributed by atoms with Crippen molar-refractivity contribution in [3.8, 4) is 0 Å². The lowest BCUT2D eigenvalue weighted by atomic mass is 10.2. The number of carboxylic acid groups (broad SMARTS) is 2. The molecule has 0 aliphatic heterocycles. The smallest absolute Gasteiger partial charge is 0.481 e. The van der Waals surface area contributed by atoms with Crippen molar-refractivity contribution in [3.05, 3.63) is 0 Å². The minimum atomic E-state index is -2.17. The SMILES string of the molecule is NC(CC(=O)O)C(=O)O.OB(O)O. The van der Waals surface area contributed by atoms with E-state index in [1.807, 2.05) is 0 Å². The third-order valence-electron chi connectivity index (χ3n) is 0.712. The minimum absolute atomic E-state index is 0.532. The topological polar surface area (TPSA) is 161 Å². The van der Waals surface area contributed by atoms with Gasteiger partial charge in [0.05, 0.1) is 6.42 Å². The van der Waals surface area contributed by atoms with Gasteiger partial charge in [-0.1, -0.05) is 0 Å². The van der Waals surface area contributed by atoms with Crippen LogP contribution in [0.2, 0.25) is 0 Å². The first-order valence-electron chi connectivity index (χ1n) is 3.01. The van der Waals surface area contributed by atoms with E-state index in [9.17, 15) is 9.59 Å². The standard InChI is InChI=1S/C4H7NO4.BH3O3/c5-2(4(8)9)1-3(6)7;2-1(3)4/h2H,1,5H2,(H,6,7)(H,8,9);2-4H. The van der Waals surface area contributed by atoms with E-state index in [-0.39, 0.29) is 0 Å². The lowest BCUT2D eigenvalue weighted by Gasteiger charge is -1.99. The number of rotatable bonds is 3. The molecule has 0 aromatic rings. The molecule has 1 unspecified atom stereocenters. The van der Waals surface area contributed by atoms with Gasteiger partial charge in [0, 0.05) is 0 Å². The average molecular weight is 195 g/mol. The van der Waals surface area contributed by atoms with Crippen LogP contribution >= 0.6 is 0 Å². The lowest BCUT2D eigenvalue weighted by molar-refractivity contribution is -0.144. The molecule has 0 radical (unpaired) electrons. The number of nitrogens with two attached hydrogens (primary N) is 1. The summed E-state index contributed by atoms with van der Waals surface area (Å²) in [4.78, 5) is 19.6. The molecule has 0 rings (SSSR count). The molecule has 8 nitrogen and oxygen atoms in total. The molecule has 1 atom stereocenters. The van der Waals surface area contributed by atoms with Crippen LogP contribution in [0.15, 0.2) is 0 Å². The molecule has 0 spiro atoms. The second-order valence-electron chi connectivity index (χ2n) is 1.89. The van der Waals surface area contributed by atoms with E-state index in [2.05, 4.69) is 0 Å². The van der Waals surface area contributed by atoms with Crippen molar-refractivity contribution in [1.82, 2.24) is 0 Å². The molecule has 0 aromatic carbocycles. The Labute approximate surface area is 73.4 Å². The van der Waals surface area contributed by atoms with Crippen molar-refractivity contribution in [2.24, 2.45) is 5.73 Å². The normalized spacial score (nSPS) is 10.8. The third kappa shape index (κ3) is 18.1. The van der Waals surface area contributed by atoms with Gasteiger partial charge in [-0.05, 0) is 0 Å². The highest BCUT2D eigenvalue weighted by Gasteiger charge is 2.14. The van der Waals surface area contributed by atoms with Crippen molar-refractivity contribution in [3.63, 3.8) is 0 Å². The van der Waals surface area contributed by atoms with Crippen LogP contribution in [0.4, 0.5) is 0 Å². The Morgan fingerprint density at radius 3 is 1.62 bits per heavy atom. The van der Waals surface area contributed by atoms with Gasteiger partial charge in [-0.25, -0.2) is 0 Å². The van der Waals surface area contributed by atoms with Gasteiger partial charge in [0.1, 0.15) is 6.04 Å². The summed E-state index contributed by atoms with van der Waals surface area (Å²) in [6, 6.07) is -1.29. The average Bonchev–Trinajstić information content (AvgIpc) is 1.83. The van der Waals surface area contributed by atoms with Gasteiger partial charge in [0.2, 0.25) is 0 Å². The number of hydrogen-bond donors (Lipinski definition) is 6. The lowest BCUT2D eigenvalue weighted by Crippen LogP contribution is -2.32. The fourth-order valence-corrected chi connectivity index (χ4v) is 0.275. The molecular weight excluding hydrogens is 185 g/mol. The van der Waals surface area contributed by atoms with E-state index >= 15 is 0 Å². The molecule has 13 heavy (non-hydrogen) atoms. The fraction of sp³-hybridized carbons (Fsp3) is 0.500. The summed E-state index contributed by atoms with van der Waals surface area (Å²) in [5.74, 6) is -2.50. The Balaban J connectivity index is 0. The van der Waals surface area contributed by atoms with Crippen molar-refractivity contribution < 1.29 is 34.9 Å². The summed E-state index contributed by atoms with van der Waals surface area (Å²) < 4.78 is 0. The Morgan fingerprint density at radius 2 is 1.54 bits per heavy atom. The molecule has 9 heteroatoms. The van der Waals surface area contributed by atoms with Crippen LogP contribution in [-0.4, -0.2) is 50.6 Å². The predicted molar refractivity (Wildman–Crippen MR) is 40.3 cm³/mol. The second kappa shape index (κ2) is 7.49. The van der Waals surface area contributed by atoms with Crippen LogP contribution in [0.5, 0.6) is 0 Å². The summed E-state index contributed by atoms with van der Waals surface area (Å²) in [7, 11) is -2.17. The summed E-state index contributed by atoms with van der Waals surface area (Å²) in [5, 5.41) is 37.5. The Kier molecular flexibility index (Phi) is 8.28. The van der Waals surface area contributed by atoms with Crippen molar-refractivity contribution in [2.75, 3.05) is 0 Å². The monoisotopic (exact) mass is 195 g/mol. The Bertz CT molecular complexity index is 169. The summed E-state index contributed by atoms with van der Waals surface area (Å²) in [5.41, 5.74) is 4.84. The first-order chi connectivity index (χ1) is 5.77. The van der Waals surface area contributed by atoms with E-state index in [4.69, 9.17) is 31.0 Å². The molecule has 0 amide bonds. The van der Waals surface area contributed by atoms with Crippen LogP contribution in [0.1, 0.15) is 6.42 Å². The first-order valence-corrected chi connectivity index (χ1v) is 3.01. The molecule has 7 N–H and O–H groups in total. The quantitative estimate of drug-likeness (QED) is 0.257. The molecule has 0 bridgehead atoms. The molecule has 0 fully saturated rings. The first kappa shape index (κ1) is 14.4. The molecule has 76 valence electrons. The molecule has 0 aliphatic carbocycles. The van der Waals surface area contributed by atoms with E-state index in [0.29, 0.717) is 0 Å². The zero-order valence-electron chi connectivity index (χ0n) is 6.49. The minimum Gasteiger partial charge on any atom is -0.481 e. The van der Waals surface area contributed by atoms with Gasteiger partial charge in [-0.2, -0.15) is 0 Å². The van der Waals surface area contributed by atoms with Crippen LogP contribution < -0.4 is 5.73 Å². The van der Waals surface area contributed by atoms with E-state index in [0.717, 1.165) is 0 Å². The maximum absolute atomic E-state index is 9.85. The second-order valence-corrected chi connectivity index (χ2v) is 1.89. The summed E-state index contributed by atoms with van der Waals surface area (Å²) in [6.07, 6.45) is -0.532. The van der Waals surface area contributed by atoms with Gasteiger partial charge >= 0.3 is 19.3 Å². The zero-order valence-corrected chi connectivity index (χ0v) is 6.49. The van der Waals surface area contributed by atoms with Crippen LogP contribution in [0, 0.1) is 0 Å². The van der Waals surface area contributed by atoms with Crippen LogP contribution in [0.25, 0.3) is 0 Å². The molecule has 0 aliphatic rings. The molecule has 0 aromatic heterocycles. The molecule has 0 heterocycles. The highest BCUT2D eigenvalue weighted by atomic mass is 16.5. The van der Waals surface area contributed by atoms with Gasteiger partial charge < -0.3 is 31.0 Å². The van der Waals surface area contributed by atoms with Gasteiger partial charge in [-0.3, -0.25) is 9.59 Å². The molecule has 0 saturated heterocycles. The number of carbonyl (C=O) groups is 2. The summed E-state index contributed by atoms with van der Waals surface area (Å²) in [6.45, 7) is 0. The zero-order chi connectivity index (χ0) is 11.0. The summed E-state index contributed by atoms with van der Waals surface area (Å²) >= 11 is 0. The van der Waals surface area contributed by atoms with E-state index in [1.165, 1.54) is 0 Å². The van der Waals surface area contributed by atoms with Gasteiger partial charge in [0.15, 0.2) is 0 Å². The maximum atomic E-state index is 9.85. The number of aliphatic carboxylic acids is 2. The number of hydrogen-bond acceptors (Lipinski definition) is 6. The van der Waals surface area contributed by atoms with Gasteiger partial charge in [-0.15, -0.1) is 0 Å².